The Kier molecular flexibility index (Phi) is 3.97. The third-order valence-corrected chi connectivity index (χ3v) is 3.20. The zero-order chi connectivity index (χ0) is 10.5. The topological polar surface area (TPSA) is 32.8 Å². The molecule has 0 aromatic carbocycles. The summed E-state index contributed by atoms with van der Waals surface area (Å²) in [5, 5.41) is 0. The van der Waals surface area contributed by atoms with Crippen molar-refractivity contribution in [2.24, 2.45) is 0 Å². The number of ether oxygens (including phenoxy) is 1. The van der Waals surface area contributed by atoms with E-state index in [-0.39, 0.29) is 0 Å². The summed E-state index contributed by atoms with van der Waals surface area (Å²) in [5.74, 6) is 0.332. The Bertz CT molecular complexity index is 209. The van der Waals surface area contributed by atoms with Gasteiger partial charge in [0.25, 0.3) is 0 Å². The van der Waals surface area contributed by atoms with E-state index in [2.05, 4.69) is 4.90 Å². The van der Waals surface area contributed by atoms with Crippen molar-refractivity contribution in [1.29, 1.82) is 0 Å². The van der Waals surface area contributed by atoms with Crippen molar-refractivity contribution in [3.8, 4) is 0 Å². The largest absolute Gasteiger partial charge is 0.379 e. The van der Waals surface area contributed by atoms with Gasteiger partial charge < -0.3 is 9.64 Å². The van der Waals surface area contributed by atoms with Crippen LogP contribution < -0.4 is 0 Å². The molecule has 2 saturated heterocycles. The molecule has 4 nitrogen and oxygen atoms in total. The van der Waals surface area contributed by atoms with E-state index in [0.717, 1.165) is 45.9 Å². The van der Waals surface area contributed by atoms with Gasteiger partial charge in [0.1, 0.15) is 0 Å². The quantitative estimate of drug-likeness (QED) is 0.676. The van der Waals surface area contributed by atoms with Gasteiger partial charge in [0.2, 0.25) is 5.91 Å². The van der Waals surface area contributed by atoms with E-state index >= 15 is 0 Å². The maximum Gasteiger partial charge on any atom is 0.223 e. The normalized spacial score (nSPS) is 23.3. The number of nitrogens with zero attached hydrogens (tertiary/aromatic N) is 2. The summed E-state index contributed by atoms with van der Waals surface area (Å²) < 4.78 is 5.27. The lowest BCUT2D eigenvalue weighted by atomic mass is 10.3. The van der Waals surface area contributed by atoms with E-state index in [1.807, 2.05) is 4.90 Å². The van der Waals surface area contributed by atoms with E-state index in [0.29, 0.717) is 12.3 Å². The smallest absolute Gasteiger partial charge is 0.223 e. The Balaban J connectivity index is 1.65. The molecule has 0 bridgehead atoms. The number of rotatable bonds is 3. The fraction of sp³-hybridized carbons (Fsp3) is 0.909. The van der Waals surface area contributed by atoms with Gasteiger partial charge in [0.15, 0.2) is 0 Å². The maximum atomic E-state index is 11.8. The Morgan fingerprint density at radius 3 is 2.40 bits per heavy atom. The Morgan fingerprint density at radius 1 is 1.07 bits per heavy atom. The van der Waals surface area contributed by atoms with E-state index in [4.69, 9.17) is 4.74 Å². The van der Waals surface area contributed by atoms with Crippen LogP contribution in [0.4, 0.5) is 0 Å². The third kappa shape index (κ3) is 3.18. The molecule has 0 radical (unpaired) electrons. The van der Waals surface area contributed by atoms with Crippen LogP contribution in [0.3, 0.4) is 0 Å². The Morgan fingerprint density at radius 2 is 1.73 bits per heavy atom. The van der Waals surface area contributed by atoms with E-state index in [1.165, 1.54) is 12.8 Å². The molecule has 15 heavy (non-hydrogen) atoms. The number of carbonyl (C=O) groups is 1. The first kappa shape index (κ1) is 10.9. The van der Waals surface area contributed by atoms with Crippen LogP contribution in [0.15, 0.2) is 0 Å². The van der Waals surface area contributed by atoms with Gasteiger partial charge in [-0.1, -0.05) is 0 Å². The zero-order valence-corrected chi connectivity index (χ0v) is 9.28. The van der Waals surface area contributed by atoms with Crippen LogP contribution in [0.1, 0.15) is 19.3 Å². The molecule has 2 fully saturated rings. The molecule has 0 aromatic heterocycles. The van der Waals surface area contributed by atoms with Crippen LogP contribution in [0, 0.1) is 0 Å². The molecule has 2 rings (SSSR count). The molecule has 0 atom stereocenters. The summed E-state index contributed by atoms with van der Waals surface area (Å²) in [6.07, 6.45) is 3.05. The van der Waals surface area contributed by atoms with Crippen LogP contribution in [-0.2, 0) is 9.53 Å². The van der Waals surface area contributed by atoms with E-state index in [9.17, 15) is 4.79 Å². The minimum Gasteiger partial charge on any atom is -0.379 e. The highest BCUT2D eigenvalue weighted by Gasteiger charge is 2.19. The van der Waals surface area contributed by atoms with Crippen molar-refractivity contribution >= 4 is 5.91 Å². The lowest BCUT2D eigenvalue weighted by Crippen LogP contribution is -2.39. The zero-order valence-electron chi connectivity index (χ0n) is 9.28. The second kappa shape index (κ2) is 5.47. The number of likely N-dealkylation sites (tertiary alicyclic amines) is 1. The molecule has 2 heterocycles. The average Bonchev–Trinajstić information content (AvgIpc) is 2.81. The first-order valence-electron chi connectivity index (χ1n) is 5.94. The molecule has 0 unspecified atom stereocenters. The van der Waals surface area contributed by atoms with Gasteiger partial charge in [-0.05, 0) is 12.8 Å². The first-order valence-corrected chi connectivity index (χ1v) is 5.94. The molecule has 0 N–H and O–H groups in total. The molecular weight excluding hydrogens is 192 g/mol. The minimum atomic E-state index is 0.332. The predicted octanol–water partition coefficient (Wildman–Crippen LogP) is 0.331. The van der Waals surface area contributed by atoms with Gasteiger partial charge in [-0.2, -0.15) is 0 Å². The second-order valence-electron chi connectivity index (χ2n) is 4.29. The van der Waals surface area contributed by atoms with E-state index < -0.39 is 0 Å². The summed E-state index contributed by atoms with van der Waals surface area (Å²) in [4.78, 5) is 16.1. The molecular formula is C11H20N2O2. The lowest BCUT2D eigenvalue weighted by Gasteiger charge is -2.27. The van der Waals surface area contributed by atoms with Crippen molar-refractivity contribution in [2.75, 3.05) is 45.9 Å². The van der Waals surface area contributed by atoms with Crippen LogP contribution in [-0.4, -0.2) is 61.6 Å². The predicted molar refractivity (Wildman–Crippen MR) is 57.7 cm³/mol. The minimum absolute atomic E-state index is 0.332. The molecule has 0 saturated carbocycles. The van der Waals surface area contributed by atoms with Gasteiger partial charge >= 0.3 is 0 Å². The highest BCUT2D eigenvalue weighted by Crippen LogP contribution is 2.09. The summed E-state index contributed by atoms with van der Waals surface area (Å²) in [5.41, 5.74) is 0. The Labute approximate surface area is 91.2 Å². The fourth-order valence-corrected chi connectivity index (χ4v) is 2.20. The number of carbonyl (C=O) groups excluding carboxylic acids is 1. The molecule has 2 aliphatic heterocycles. The van der Waals surface area contributed by atoms with Crippen LogP contribution >= 0.6 is 0 Å². The van der Waals surface area contributed by atoms with Gasteiger partial charge in [-0.3, -0.25) is 9.69 Å². The van der Waals surface area contributed by atoms with Crippen LogP contribution in [0.25, 0.3) is 0 Å². The van der Waals surface area contributed by atoms with Gasteiger partial charge in [0, 0.05) is 39.1 Å². The SMILES string of the molecule is O=C(CCN1CCOCC1)N1CCCC1. The maximum absolute atomic E-state index is 11.8. The van der Waals surface area contributed by atoms with Gasteiger partial charge in [0.05, 0.1) is 13.2 Å². The summed E-state index contributed by atoms with van der Waals surface area (Å²) >= 11 is 0. The van der Waals surface area contributed by atoms with Gasteiger partial charge in [-0.15, -0.1) is 0 Å². The lowest BCUT2D eigenvalue weighted by molar-refractivity contribution is -0.130. The monoisotopic (exact) mass is 212 g/mol. The second-order valence-corrected chi connectivity index (χ2v) is 4.29. The van der Waals surface area contributed by atoms with Crippen molar-refractivity contribution in [3.05, 3.63) is 0 Å². The Hall–Kier alpha value is -0.610. The average molecular weight is 212 g/mol. The molecule has 0 spiro atoms. The molecule has 0 aliphatic carbocycles. The fourth-order valence-electron chi connectivity index (χ4n) is 2.20. The number of morpholine rings is 1. The van der Waals surface area contributed by atoms with E-state index in [1.54, 1.807) is 0 Å². The molecule has 86 valence electrons. The van der Waals surface area contributed by atoms with Gasteiger partial charge in [-0.25, -0.2) is 0 Å². The highest BCUT2D eigenvalue weighted by molar-refractivity contribution is 5.76. The molecule has 1 amide bonds. The standard InChI is InChI=1S/C11H20N2O2/c14-11(13-4-1-2-5-13)3-6-12-7-9-15-10-8-12/h1-10H2. The highest BCUT2D eigenvalue weighted by atomic mass is 16.5. The van der Waals surface area contributed by atoms with Crippen LogP contribution in [0.5, 0.6) is 0 Å². The molecule has 4 heteroatoms. The van der Waals surface area contributed by atoms with Crippen molar-refractivity contribution in [2.45, 2.75) is 19.3 Å². The van der Waals surface area contributed by atoms with Crippen molar-refractivity contribution in [1.82, 2.24) is 9.80 Å². The molecule has 2 aliphatic rings. The summed E-state index contributed by atoms with van der Waals surface area (Å²) in [7, 11) is 0. The summed E-state index contributed by atoms with van der Waals surface area (Å²) in [6, 6.07) is 0. The molecule has 0 aromatic rings. The number of amides is 1. The number of hydrogen-bond acceptors (Lipinski definition) is 3. The van der Waals surface area contributed by atoms with Crippen LogP contribution in [0.2, 0.25) is 0 Å². The number of hydrogen-bond donors (Lipinski definition) is 0. The third-order valence-electron chi connectivity index (χ3n) is 3.20. The van der Waals surface area contributed by atoms with Crippen molar-refractivity contribution < 1.29 is 9.53 Å². The first-order chi connectivity index (χ1) is 7.36. The summed E-state index contributed by atoms with van der Waals surface area (Å²) in [6.45, 7) is 6.44. The van der Waals surface area contributed by atoms with Crippen molar-refractivity contribution in [3.63, 3.8) is 0 Å².